The van der Waals surface area contributed by atoms with Crippen molar-refractivity contribution in [2.45, 2.75) is 19.4 Å². The van der Waals surface area contributed by atoms with E-state index in [1.165, 1.54) is 0 Å². The molecule has 0 spiro atoms. The van der Waals surface area contributed by atoms with Crippen LogP contribution in [-0.2, 0) is 16.1 Å². The number of nitrogens with zero attached hydrogens (tertiary/aromatic N) is 1. The highest BCUT2D eigenvalue weighted by molar-refractivity contribution is 6.30. The fraction of sp³-hybridized carbons (Fsp3) is 0.611. The molecule has 1 aromatic carbocycles. The van der Waals surface area contributed by atoms with E-state index < -0.39 is 0 Å². The lowest BCUT2D eigenvalue weighted by Crippen LogP contribution is -2.45. The maximum absolute atomic E-state index is 9.27. The molecule has 1 fully saturated rings. The van der Waals surface area contributed by atoms with Gasteiger partial charge in [0.05, 0.1) is 19.8 Å². The van der Waals surface area contributed by atoms with Gasteiger partial charge in [-0.3, -0.25) is 4.99 Å². The van der Waals surface area contributed by atoms with Gasteiger partial charge in [-0.1, -0.05) is 23.7 Å². The number of nitrogens with one attached hydrogen (secondary N) is 2. The molecule has 1 atom stereocenters. The number of aliphatic hydroxyl groups is 1. The van der Waals surface area contributed by atoms with E-state index in [1.54, 1.807) is 7.05 Å². The highest BCUT2D eigenvalue weighted by Gasteiger charge is 2.34. The SMILES string of the molecule is CN=C(NCCOCc1ccc(Cl)cc1)NCC1(CCO)CCOC1. The summed E-state index contributed by atoms with van der Waals surface area (Å²) in [6.07, 6.45) is 1.70. The molecule has 25 heavy (non-hydrogen) atoms. The number of ether oxygens (including phenoxy) is 2. The number of halogens is 1. The van der Waals surface area contributed by atoms with Crippen molar-refractivity contribution >= 4 is 17.6 Å². The molecule has 1 aromatic rings. The molecule has 0 radical (unpaired) electrons. The first-order valence-electron chi connectivity index (χ1n) is 8.63. The Labute approximate surface area is 154 Å². The molecule has 140 valence electrons. The Morgan fingerprint density at radius 1 is 1.36 bits per heavy atom. The van der Waals surface area contributed by atoms with Gasteiger partial charge in [0, 0.05) is 43.8 Å². The van der Waals surface area contributed by atoms with E-state index in [-0.39, 0.29) is 12.0 Å². The molecule has 7 heteroatoms. The van der Waals surface area contributed by atoms with Gasteiger partial charge in [0.25, 0.3) is 0 Å². The van der Waals surface area contributed by atoms with Crippen LogP contribution < -0.4 is 10.6 Å². The van der Waals surface area contributed by atoms with Crippen LogP contribution in [0.25, 0.3) is 0 Å². The molecule has 0 saturated carbocycles. The molecule has 0 aromatic heterocycles. The van der Waals surface area contributed by atoms with Crippen molar-refractivity contribution in [2.75, 3.05) is 46.6 Å². The van der Waals surface area contributed by atoms with Crippen LogP contribution in [0.2, 0.25) is 5.02 Å². The minimum atomic E-state index is -0.00253. The normalized spacial score (nSPS) is 20.7. The first-order valence-corrected chi connectivity index (χ1v) is 9.00. The van der Waals surface area contributed by atoms with E-state index in [0.717, 1.165) is 42.5 Å². The Bertz CT molecular complexity index is 531. The summed E-state index contributed by atoms with van der Waals surface area (Å²) in [5.74, 6) is 0.735. The summed E-state index contributed by atoms with van der Waals surface area (Å²) in [7, 11) is 1.74. The lowest BCUT2D eigenvalue weighted by Gasteiger charge is -2.27. The number of rotatable bonds is 9. The van der Waals surface area contributed by atoms with Crippen LogP contribution in [0.3, 0.4) is 0 Å². The summed E-state index contributed by atoms with van der Waals surface area (Å²) in [4.78, 5) is 4.23. The van der Waals surface area contributed by atoms with Gasteiger partial charge >= 0.3 is 0 Å². The van der Waals surface area contributed by atoms with Crippen LogP contribution >= 0.6 is 11.6 Å². The summed E-state index contributed by atoms with van der Waals surface area (Å²) in [5.41, 5.74) is 1.09. The lowest BCUT2D eigenvalue weighted by molar-refractivity contribution is 0.124. The second-order valence-electron chi connectivity index (χ2n) is 6.31. The summed E-state index contributed by atoms with van der Waals surface area (Å²) in [6.45, 7) is 4.15. The molecule has 0 aliphatic carbocycles. The highest BCUT2D eigenvalue weighted by Crippen LogP contribution is 2.31. The predicted octanol–water partition coefficient (Wildman–Crippen LogP) is 1.81. The van der Waals surface area contributed by atoms with Gasteiger partial charge in [-0.15, -0.1) is 0 Å². The molecule has 1 aliphatic heterocycles. The van der Waals surface area contributed by atoms with Crippen molar-refractivity contribution in [3.8, 4) is 0 Å². The molecule has 3 N–H and O–H groups in total. The highest BCUT2D eigenvalue weighted by atomic mass is 35.5. The van der Waals surface area contributed by atoms with Crippen LogP contribution in [0.15, 0.2) is 29.3 Å². The number of hydrogen-bond acceptors (Lipinski definition) is 4. The van der Waals surface area contributed by atoms with Crippen molar-refractivity contribution in [3.05, 3.63) is 34.9 Å². The Morgan fingerprint density at radius 2 is 2.16 bits per heavy atom. The molecular weight excluding hydrogens is 342 g/mol. The van der Waals surface area contributed by atoms with Gasteiger partial charge in [0.15, 0.2) is 5.96 Å². The molecular formula is C18H28ClN3O3. The zero-order chi connectivity index (χ0) is 18.0. The van der Waals surface area contributed by atoms with Crippen molar-refractivity contribution in [1.29, 1.82) is 0 Å². The molecule has 0 bridgehead atoms. The topological polar surface area (TPSA) is 75.1 Å². The smallest absolute Gasteiger partial charge is 0.191 e. The Kier molecular flexibility index (Phi) is 8.48. The summed E-state index contributed by atoms with van der Waals surface area (Å²) >= 11 is 5.86. The molecule has 2 rings (SSSR count). The first-order chi connectivity index (χ1) is 12.2. The van der Waals surface area contributed by atoms with Gasteiger partial charge < -0.3 is 25.2 Å². The van der Waals surface area contributed by atoms with Crippen molar-refractivity contribution in [3.63, 3.8) is 0 Å². The van der Waals surface area contributed by atoms with E-state index in [2.05, 4.69) is 15.6 Å². The Balaban J connectivity index is 1.64. The van der Waals surface area contributed by atoms with Gasteiger partial charge in [-0.05, 0) is 30.5 Å². The Hall–Kier alpha value is -1.34. The molecule has 1 saturated heterocycles. The Morgan fingerprint density at radius 3 is 2.80 bits per heavy atom. The largest absolute Gasteiger partial charge is 0.396 e. The third-order valence-corrected chi connectivity index (χ3v) is 4.65. The average Bonchev–Trinajstić information content (AvgIpc) is 3.08. The van der Waals surface area contributed by atoms with E-state index in [0.29, 0.717) is 26.4 Å². The number of hydrogen-bond donors (Lipinski definition) is 3. The molecule has 1 aliphatic rings. The fourth-order valence-corrected chi connectivity index (χ4v) is 2.94. The zero-order valence-corrected chi connectivity index (χ0v) is 15.5. The third kappa shape index (κ3) is 6.82. The summed E-state index contributed by atoms with van der Waals surface area (Å²) in [5, 5.41) is 16.6. The van der Waals surface area contributed by atoms with Crippen molar-refractivity contribution < 1.29 is 14.6 Å². The van der Waals surface area contributed by atoms with E-state index >= 15 is 0 Å². The lowest BCUT2D eigenvalue weighted by atomic mass is 9.84. The monoisotopic (exact) mass is 369 g/mol. The van der Waals surface area contributed by atoms with E-state index in [1.807, 2.05) is 24.3 Å². The average molecular weight is 370 g/mol. The molecule has 0 amide bonds. The van der Waals surface area contributed by atoms with Crippen LogP contribution in [0.5, 0.6) is 0 Å². The second-order valence-corrected chi connectivity index (χ2v) is 6.74. The summed E-state index contributed by atoms with van der Waals surface area (Å²) in [6, 6.07) is 7.64. The van der Waals surface area contributed by atoms with Crippen molar-refractivity contribution in [2.24, 2.45) is 10.4 Å². The maximum Gasteiger partial charge on any atom is 0.191 e. The quantitative estimate of drug-likeness (QED) is 0.351. The molecule has 1 heterocycles. The standard InChI is InChI=1S/C18H28ClN3O3/c1-20-17(22-13-18(6-9-23)7-10-25-14-18)21-8-11-24-12-15-2-4-16(19)5-3-15/h2-5,23H,6-14H2,1H3,(H2,20,21,22). The number of guanidine groups is 1. The molecule has 6 nitrogen and oxygen atoms in total. The van der Waals surface area contributed by atoms with Gasteiger partial charge in [0.1, 0.15) is 0 Å². The number of aliphatic hydroxyl groups excluding tert-OH is 1. The zero-order valence-electron chi connectivity index (χ0n) is 14.8. The minimum Gasteiger partial charge on any atom is -0.396 e. The van der Waals surface area contributed by atoms with E-state index in [4.69, 9.17) is 21.1 Å². The predicted molar refractivity (Wildman–Crippen MR) is 100 cm³/mol. The minimum absolute atomic E-state index is 0.00253. The number of benzene rings is 1. The summed E-state index contributed by atoms with van der Waals surface area (Å²) < 4.78 is 11.2. The van der Waals surface area contributed by atoms with Gasteiger partial charge in [0.2, 0.25) is 0 Å². The second kappa shape index (κ2) is 10.6. The van der Waals surface area contributed by atoms with Crippen LogP contribution in [0, 0.1) is 5.41 Å². The fourth-order valence-electron chi connectivity index (χ4n) is 2.82. The van der Waals surface area contributed by atoms with Gasteiger partial charge in [-0.2, -0.15) is 0 Å². The number of aliphatic imine (C=N–C) groups is 1. The van der Waals surface area contributed by atoms with Crippen LogP contribution in [0.4, 0.5) is 0 Å². The van der Waals surface area contributed by atoms with Gasteiger partial charge in [-0.25, -0.2) is 0 Å². The first kappa shape index (κ1) is 20.0. The third-order valence-electron chi connectivity index (χ3n) is 4.40. The van der Waals surface area contributed by atoms with E-state index in [9.17, 15) is 5.11 Å². The van der Waals surface area contributed by atoms with Crippen LogP contribution in [-0.4, -0.2) is 57.6 Å². The maximum atomic E-state index is 9.27. The molecule has 1 unspecified atom stereocenters. The van der Waals surface area contributed by atoms with Crippen LogP contribution in [0.1, 0.15) is 18.4 Å². The van der Waals surface area contributed by atoms with Crippen molar-refractivity contribution in [1.82, 2.24) is 10.6 Å².